The van der Waals surface area contributed by atoms with Gasteiger partial charge in [-0.05, 0) is 42.3 Å². The molecule has 0 saturated carbocycles. The van der Waals surface area contributed by atoms with Crippen LogP contribution in [0.15, 0.2) is 53.7 Å². The molecular formula is C17H19N3O4S. The van der Waals surface area contributed by atoms with Crippen LogP contribution >= 0.6 is 0 Å². The SMILES string of the molecule is COc1ccc(N2CC(CNS(=O)(=O)c3cccnc3)CC2=O)cc1. The van der Waals surface area contributed by atoms with Gasteiger partial charge in [-0.15, -0.1) is 0 Å². The largest absolute Gasteiger partial charge is 0.497 e. The summed E-state index contributed by atoms with van der Waals surface area (Å²) in [6.45, 7) is 0.677. The lowest BCUT2D eigenvalue weighted by molar-refractivity contribution is -0.117. The topological polar surface area (TPSA) is 88.6 Å². The number of amides is 1. The summed E-state index contributed by atoms with van der Waals surface area (Å²) in [4.78, 5) is 17.8. The van der Waals surface area contributed by atoms with E-state index in [0.717, 1.165) is 11.4 Å². The summed E-state index contributed by atoms with van der Waals surface area (Å²) in [6.07, 6.45) is 3.12. The van der Waals surface area contributed by atoms with E-state index in [-0.39, 0.29) is 23.3 Å². The van der Waals surface area contributed by atoms with Gasteiger partial charge in [0.05, 0.1) is 7.11 Å². The molecule has 1 saturated heterocycles. The van der Waals surface area contributed by atoms with Crippen molar-refractivity contribution in [1.29, 1.82) is 0 Å². The number of sulfonamides is 1. The molecule has 0 aliphatic carbocycles. The third-order valence-electron chi connectivity index (χ3n) is 4.10. The normalized spacial score (nSPS) is 17.7. The molecule has 132 valence electrons. The standard InChI is InChI=1S/C17H19N3O4S/c1-24-15-6-4-14(5-7-15)20-12-13(9-17(20)21)10-19-25(22,23)16-3-2-8-18-11-16/h2-8,11,13,19H,9-10,12H2,1H3. The highest BCUT2D eigenvalue weighted by molar-refractivity contribution is 7.89. The van der Waals surface area contributed by atoms with E-state index >= 15 is 0 Å². The second kappa shape index (κ2) is 7.20. The van der Waals surface area contributed by atoms with Gasteiger partial charge in [0.15, 0.2) is 0 Å². The number of benzene rings is 1. The first-order valence-electron chi connectivity index (χ1n) is 7.84. The van der Waals surface area contributed by atoms with E-state index < -0.39 is 10.0 Å². The van der Waals surface area contributed by atoms with Crippen molar-refractivity contribution < 1.29 is 17.9 Å². The van der Waals surface area contributed by atoms with Crippen molar-refractivity contribution in [3.63, 3.8) is 0 Å². The Hall–Kier alpha value is -2.45. The maximum absolute atomic E-state index is 12.2. The molecule has 8 heteroatoms. The maximum Gasteiger partial charge on any atom is 0.242 e. The quantitative estimate of drug-likeness (QED) is 0.841. The number of nitrogens with zero attached hydrogens (tertiary/aromatic N) is 2. The summed E-state index contributed by atoms with van der Waals surface area (Å²) in [5.74, 6) is 0.618. The zero-order valence-corrected chi connectivity index (χ0v) is 14.6. The number of rotatable bonds is 6. The van der Waals surface area contributed by atoms with Crippen molar-refractivity contribution in [3.8, 4) is 5.75 Å². The molecule has 2 aromatic rings. The van der Waals surface area contributed by atoms with Gasteiger partial charge in [-0.3, -0.25) is 9.78 Å². The lowest BCUT2D eigenvalue weighted by Crippen LogP contribution is -2.31. The van der Waals surface area contributed by atoms with Crippen molar-refractivity contribution in [2.45, 2.75) is 11.3 Å². The molecule has 0 bridgehead atoms. The molecule has 0 radical (unpaired) electrons. The zero-order valence-electron chi connectivity index (χ0n) is 13.8. The minimum Gasteiger partial charge on any atom is -0.497 e. The van der Waals surface area contributed by atoms with E-state index in [0.29, 0.717) is 13.0 Å². The molecule has 1 aromatic carbocycles. The monoisotopic (exact) mass is 361 g/mol. The molecule has 3 rings (SSSR count). The third kappa shape index (κ3) is 3.97. The first kappa shape index (κ1) is 17.4. The van der Waals surface area contributed by atoms with Crippen molar-refractivity contribution >= 4 is 21.6 Å². The predicted molar refractivity (Wildman–Crippen MR) is 92.9 cm³/mol. The molecule has 1 aromatic heterocycles. The fraction of sp³-hybridized carbons (Fsp3) is 0.294. The molecule has 1 unspecified atom stereocenters. The van der Waals surface area contributed by atoms with Gasteiger partial charge in [-0.25, -0.2) is 13.1 Å². The molecular weight excluding hydrogens is 342 g/mol. The molecule has 1 atom stereocenters. The van der Waals surface area contributed by atoms with Crippen LogP contribution in [0.5, 0.6) is 5.75 Å². The van der Waals surface area contributed by atoms with Crippen LogP contribution in [0.2, 0.25) is 0 Å². The first-order valence-corrected chi connectivity index (χ1v) is 9.32. The molecule has 1 aliphatic heterocycles. The summed E-state index contributed by atoms with van der Waals surface area (Å²) in [7, 11) is -2.03. The second-order valence-electron chi connectivity index (χ2n) is 5.81. The van der Waals surface area contributed by atoms with Crippen LogP contribution in [-0.4, -0.2) is 39.5 Å². The van der Waals surface area contributed by atoms with E-state index in [1.165, 1.54) is 18.5 Å². The van der Waals surface area contributed by atoms with Crippen LogP contribution in [-0.2, 0) is 14.8 Å². The van der Waals surface area contributed by atoms with Gasteiger partial charge in [0.1, 0.15) is 10.6 Å². The summed E-state index contributed by atoms with van der Waals surface area (Å²) < 4.78 is 32.1. The minimum absolute atomic E-state index is 0.0178. The molecule has 1 fully saturated rings. The molecule has 1 amide bonds. The Labute approximate surface area is 146 Å². The molecule has 25 heavy (non-hydrogen) atoms. The summed E-state index contributed by atoms with van der Waals surface area (Å²) in [5.41, 5.74) is 0.781. The Bertz CT molecular complexity index is 838. The Kier molecular flexibility index (Phi) is 5.00. The van der Waals surface area contributed by atoms with E-state index in [4.69, 9.17) is 4.74 Å². The van der Waals surface area contributed by atoms with Crippen LogP contribution in [0.4, 0.5) is 5.69 Å². The number of nitrogens with one attached hydrogen (secondary N) is 1. The number of hydrogen-bond donors (Lipinski definition) is 1. The highest BCUT2D eigenvalue weighted by Gasteiger charge is 2.31. The lowest BCUT2D eigenvalue weighted by Gasteiger charge is -2.17. The lowest BCUT2D eigenvalue weighted by atomic mass is 10.1. The van der Waals surface area contributed by atoms with Crippen LogP contribution < -0.4 is 14.4 Å². The van der Waals surface area contributed by atoms with Gasteiger partial charge in [0.25, 0.3) is 0 Å². The first-order chi connectivity index (χ1) is 12.0. The van der Waals surface area contributed by atoms with E-state index in [9.17, 15) is 13.2 Å². The molecule has 1 N–H and O–H groups in total. The van der Waals surface area contributed by atoms with Crippen LogP contribution in [0, 0.1) is 5.92 Å². The Balaban J connectivity index is 1.63. The average Bonchev–Trinajstić information content (AvgIpc) is 3.02. The van der Waals surface area contributed by atoms with Crippen LogP contribution in [0.3, 0.4) is 0 Å². The van der Waals surface area contributed by atoms with Crippen LogP contribution in [0.1, 0.15) is 6.42 Å². The number of hydrogen-bond acceptors (Lipinski definition) is 5. The minimum atomic E-state index is -3.62. The van der Waals surface area contributed by atoms with Crippen LogP contribution in [0.25, 0.3) is 0 Å². The fourth-order valence-electron chi connectivity index (χ4n) is 2.75. The fourth-order valence-corrected chi connectivity index (χ4v) is 3.83. The number of aromatic nitrogens is 1. The van der Waals surface area contributed by atoms with E-state index in [1.807, 2.05) is 12.1 Å². The van der Waals surface area contributed by atoms with E-state index in [1.54, 1.807) is 30.2 Å². The predicted octanol–water partition coefficient (Wildman–Crippen LogP) is 1.42. The smallest absolute Gasteiger partial charge is 0.242 e. The third-order valence-corrected chi connectivity index (χ3v) is 5.50. The Morgan fingerprint density at radius 1 is 1.28 bits per heavy atom. The number of ether oxygens (including phenoxy) is 1. The van der Waals surface area contributed by atoms with Crippen molar-refractivity contribution in [3.05, 3.63) is 48.8 Å². The molecule has 0 spiro atoms. The van der Waals surface area contributed by atoms with Crippen molar-refractivity contribution in [1.82, 2.24) is 9.71 Å². The molecule has 7 nitrogen and oxygen atoms in total. The Morgan fingerprint density at radius 3 is 2.68 bits per heavy atom. The van der Waals surface area contributed by atoms with Crippen molar-refractivity contribution in [2.75, 3.05) is 25.1 Å². The number of methoxy groups -OCH3 is 1. The number of carbonyl (C=O) groups excluding carboxylic acids is 1. The van der Waals surface area contributed by atoms with E-state index in [2.05, 4.69) is 9.71 Å². The average molecular weight is 361 g/mol. The second-order valence-corrected chi connectivity index (χ2v) is 7.58. The molecule has 1 aliphatic rings. The highest BCUT2D eigenvalue weighted by atomic mass is 32.2. The maximum atomic E-state index is 12.2. The highest BCUT2D eigenvalue weighted by Crippen LogP contribution is 2.26. The van der Waals surface area contributed by atoms with Gasteiger partial charge < -0.3 is 9.64 Å². The number of carbonyl (C=O) groups is 1. The van der Waals surface area contributed by atoms with Gasteiger partial charge >= 0.3 is 0 Å². The van der Waals surface area contributed by atoms with Gasteiger partial charge in [0, 0.05) is 37.6 Å². The Morgan fingerprint density at radius 2 is 2.04 bits per heavy atom. The number of pyridine rings is 1. The van der Waals surface area contributed by atoms with Gasteiger partial charge in [0.2, 0.25) is 15.9 Å². The number of anilines is 1. The zero-order chi connectivity index (χ0) is 17.9. The summed E-state index contributed by atoms with van der Waals surface area (Å²) >= 11 is 0. The van der Waals surface area contributed by atoms with Crippen molar-refractivity contribution in [2.24, 2.45) is 5.92 Å². The van der Waals surface area contributed by atoms with Gasteiger partial charge in [-0.1, -0.05) is 0 Å². The summed E-state index contributed by atoms with van der Waals surface area (Å²) in [6, 6.07) is 10.3. The molecule has 2 heterocycles. The van der Waals surface area contributed by atoms with Gasteiger partial charge in [-0.2, -0.15) is 0 Å². The summed E-state index contributed by atoms with van der Waals surface area (Å²) in [5, 5.41) is 0.